The molecule has 18 heavy (non-hydrogen) atoms. The molecule has 2 heterocycles. The average molecular weight is 247 g/mol. The summed E-state index contributed by atoms with van der Waals surface area (Å²) >= 11 is 0. The van der Waals surface area contributed by atoms with Gasteiger partial charge in [-0.3, -0.25) is 0 Å². The first-order valence-electron chi connectivity index (χ1n) is 6.69. The molecule has 2 aliphatic heterocycles. The maximum absolute atomic E-state index is 5.79. The van der Waals surface area contributed by atoms with Crippen molar-refractivity contribution >= 4 is 11.4 Å². The van der Waals surface area contributed by atoms with Crippen molar-refractivity contribution in [3.8, 4) is 5.75 Å². The van der Waals surface area contributed by atoms with Crippen molar-refractivity contribution in [3.05, 3.63) is 18.2 Å². The molecule has 1 fully saturated rings. The zero-order chi connectivity index (χ0) is 12.5. The van der Waals surface area contributed by atoms with Gasteiger partial charge in [-0.1, -0.05) is 0 Å². The van der Waals surface area contributed by atoms with E-state index in [1.165, 1.54) is 5.69 Å². The Morgan fingerprint density at radius 1 is 1.22 bits per heavy atom. The lowest BCUT2D eigenvalue weighted by atomic mass is 10.2. The van der Waals surface area contributed by atoms with E-state index in [-0.39, 0.29) is 0 Å². The standard InChI is InChI=1S/C14H21N3O/c1-11-10-18-14-9-12(3-4-13(14)15-11)17-7-5-16(2)6-8-17/h3-4,9,11,15H,5-8,10H2,1-2H3. The van der Waals surface area contributed by atoms with E-state index in [9.17, 15) is 0 Å². The molecule has 1 unspecified atom stereocenters. The van der Waals surface area contributed by atoms with Crippen LogP contribution < -0.4 is 15.0 Å². The molecule has 0 radical (unpaired) electrons. The maximum Gasteiger partial charge on any atom is 0.144 e. The minimum Gasteiger partial charge on any atom is -0.489 e. The molecule has 2 aliphatic rings. The zero-order valence-electron chi connectivity index (χ0n) is 11.1. The van der Waals surface area contributed by atoms with Crippen LogP contribution in [-0.4, -0.2) is 50.8 Å². The zero-order valence-corrected chi connectivity index (χ0v) is 11.1. The van der Waals surface area contributed by atoms with E-state index >= 15 is 0 Å². The van der Waals surface area contributed by atoms with Gasteiger partial charge in [0.2, 0.25) is 0 Å². The van der Waals surface area contributed by atoms with Gasteiger partial charge in [0.1, 0.15) is 12.4 Å². The number of nitrogens with one attached hydrogen (secondary N) is 1. The van der Waals surface area contributed by atoms with Crippen LogP contribution in [0.15, 0.2) is 18.2 Å². The van der Waals surface area contributed by atoms with Gasteiger partial charge in [-0.25, -0.2) is 0 Å². The Bertz CT molecular complexity index is 427. The SMILES string of the molecule is CC1COc2cc(N3CCN(C)CC3)ccc2N1. The number of likely N-dealkylation sites (N-methyl/N-ethyl adjacent to an activating group) is 1. The van der Waals surface area contributed by atoms with Crippen molar-refractivity contribution in [1.29, 1.82) is 0 Å². The summed E-state index contributed by atoms with van der Waals surface area (Å²) in [6, 6.07) is 6.89. The molecular weight excluding hydrogens is 226 g/mol. The van der Waals surface area contributed by atoms with Crippen molar-refractivity contribution in [2.75, 3.05) is 50.1 Å². The first-order chi connectivity index (χ1) is 8.72. The molecule has 0 spiro atoms. The quantitative estimate of drug-likeness (QED) is 0.816. The van der Waals surface area contributed by atoms with E-state index in [4.69, 9.17) is 4.74 Å². The number of hydrogen-bond donors (Lipinski definition) is 1. The topological polar surface area (TPSA) is 27.7 Å². The van der Waals surface area contributed by atoms with Crippen LogP contribution in [0.4, 0.5) is 11.4 Å². The molecule has 1 aromatic rings. The van der Waals surface area contributed by atoms with Gasteiger partial charge in [-0.2, -0.15) is 0 Å². The van der Waals surface area contributed by atoms with Crippen molar-refractivity contribution in [1.82, 2.24) is 4.90 Å². The van der Waals surface area contributed by atoms with Gasteiger partial charge in [0.15, 0.2) is 0 Å². The van der Waals surface area contributed by atoms with Crippen molar-refractivity contribution in [3.63, 3.8) is 0 Å². The second-order valence-corrected chi connectivity index (χ2v) is 5.33. The Morgan fingerprint density at radius 3 is 2.78 bits per heavy atom. The lowest BCUT2D eigenvalue weighted by Crippen LogP contribution is -2.44. The number of nitrogens with zero attached hydrogens (tertiary/aromatic N) is 2. The average Bonchev–Trinajstić information content (AvgIpc) is 2.39. The van der Waals surface area contributed by atoms with Gasteiger partial charge in [-0.05, 0) is 26.1 Å². The maximum atomic E-state index is 5.79. The van der Waals surface area contributed by atoms with E-state index in [0.717, 1.165) is 44.2 Å². The Balaban J connectivity index is 1.78. The van der Waals surface area contributed by atoms with Gasteiger partial charge < -0.3 is 19.9 Å². The van der Waals surface area contributed by atoms with Gasteiger partial charge in [-0.15, -0.1) is 0 Å². The summed E-state index contributed by atoms with van der Waals surface area (Å²) in [4.78, 5) is 4.80. The fourth-order valence-electron chi connectivity index (χ4n) is 2.53. The fourth-order valence-corrected chi connectivity index (χ4v) is 2.53. The number of benzene rings is 1. The second-order valence-electron chi connectivity index (χ2n) is 5.33. The summed E-state index contributed by atoms with van der Waals surface area (Å²) in [6.45, 7) is 7.34. The van der Waals surface area contributed by atoms with Crippen LogP contribution in [0.3, 0.4) is 0 Å². The summed E-state index contributed by atoms with van der Waals surface area (Å²) < 4.78 is 5.79. The number of hydrogen-bond acceptors (Lipinski definition) is 4. The van der Waals surface area contributed by atoms with Gasteiger partial charge in [0.25, 0.3) is 0 Å². The summed E-state index contributed by atoms with van der Waals surface area (Å²) in [7, 11) is 2.18. The van der Waals surface area contributed by atoms with Crippen molar-refractivity contribution in [2.24, 2.45) is 0 Å². The minimum absolute atomic E-state index is 0.395. The molecule has 1 atom stereocenters. The highest BCUT2D eigenvalue weighted by molar-refractivity contribution is 5.66. The molecule has 4 nitrogen and oxygen atoms in total. The number of ether oxygens (including phenoxy) is 1. The number of fused-ring (bicyclic) bond motifs is 1. The Morgan fingerprint density at radius 2 is 2.00 bits per heavy atom. The number of anilines is 2. The molecule has 1 aromatic carbocycles. The molecule has 0 aromatic heterocycles. The van der Waals surface area contributed by atoms with Crippen molar-refractivity contribution < 1.29 is 4.74 Å². The molecule has 0 amide bonds. The number of rotatable bonds is 1. The van der Waals surface area contributed by atoms with Crippen LogP contribution in [0.1, 0.15) is 6.92 Å². The molecule has 1 saturated heterocycles. The largest absolute Gasteiger partial charge is 0.489 e. The summed E-state index contributed by atoms with van der Waals surface area (Å²) in [5.74, 6) is 0.990. The van der Waals surface area contributed by atoms with E-state index in [1.54, 1.807) is 0 Å². The predicted octanol–water partition coefficient (Wildman–Crippen LogP) is 1.63. The fraction of sp³-hybridized carbons (Fsp3) is 0.571. The molecular formula is C14H21N3O. The van der Waals surface area contributed by atoms with E-state index in [1.807, 2.05) is 0 Å². The highest BCUT2D eigenvalue weighted by atomic mass is 16.5. The summed E-state index contributed by atoms with van der Waals surface area (Å²) in [6.07, 6.45) is 0. The van der Waals surface area contributed by atoms with Gasteiger partial charge >= 0.3 is 0 Å². The highest BCUT2D eigenvalue weighted by Crippen LogP contribution is 2.33. The minimum atomic E-state index is 0.395. The van der Waals surface area contributed by atoms with Crippen LogP contribution in [0, 0.1) is 0 Å². The van der Waals surface area contributed by atoms with Crippen LogP contribution >= 0.6 is 0 Å². The highest BCUT2D eigenvalue weighted by Gasteiger charge is 2.19. The van der Waals surface area contributed by atoms with Crippen LogP contribution in [0.25, 0.3) is 0 Å². The molecule has 4 heteroatoms. The lowest BCUT2D eigenvalue weighted by molar-refractivity contribution is 0.291. The monoisotopic (exact) mass is 247 g/mol. The second kappa shape index (κ2) is 4.69. The molecule has 1 N–H and O–H groups in total. The van der Waals surface area contributed by atoms with Crippen LogP contribution in [0.5, 0.6) is 5.75 Å². The molecule has 0 aliphatic carbocycles. The van der Waals surface area contributed by atoms with Crippen LogP contribution in [0.2, 0.25) is 0 Å². The Hall–Kier alpha value is -1.42. The lowest BCUT2D eigenvalue weighted by Gasteiger charge is -2.35. The first kappa shape index (κ1) is 11.7. The third kappa shape index (κ3) is 2.25. The Kier molecular flexibility index (Phi) is 3.04. The van der Waals surface area contributed by atoms with Crippen molar-refractivity contribution in [2.45, 2.75) is 13.0 Å². The van der Waals surface area contributed by atoms with E-state index < -0.39 is 0 Å². The summed E-state index contributed by atoms with van der Waals surface area (Å²) in [5, 5.41) is 3.45. The van der Waals surface area contributed by atoms with Gasteiger partial charge in [0.05, 0.1) is 11.7 Å². The van der Waals surface area contributed by atoms with E-state index in [0.29, 0.717) is 6.04 Å². The molecule has 0 saturated carbocycles. The molecule has 98 valence electrons. The van der Waals surface area contributed by atoms with Crippen LogP contribution in [-0.2, 0) is 0 Å². The third-order valence-corrected chi connectivity index (χ3v) is 3.72. The summed E-state index contributed by atoms with van der Waals surface area (Å²) in [5.41, 5.74) is 2.39. The smallest absolute Gasteiger partial charge is 0.144 e. The normalized spacial score (nSPS) is 24.1. The predicted molar refractivity (Wildman–Crippen MR) is 74.7 cm³/mol. The van der Waals surface area contributed by atoms with Gasteiger partial charge in [0, 0.05) is 37.9 Å². The first-order valence-corrected chi connectivity index (χ1v) is 6.69. The number of piperazine rings is 1. The Labute approximate surface area is 109 Å². The van der Waals surface area contributed by atoms with E-state index in [2.05, 4.69) is 47.3 Å². The molecule has 3 rings (SSSR count). The molecule has 0 bridgehead atoms. The third-order valence-electron chi connectivity index (χ3n) is 3.72.